The number of carbonyl (C=O) groups excluding carboxylic acids is 1. The molecule has 1 aromatic heterocycles. The van der Waals surface area contributed by atoms with Gasteiger partial charge in [0.25, 0.3) is 0 Å². The number of carboxylic acids is 1. The van der Waals surface area contributed by atoms with Crippen LogP contribution in [0.15, 0.2) is 22.8 Å². The lowest BCUT2D eigenvalue weighted by Crippen LogP contribution is -3.13. The lowest BCUT2D eigenvalue weighted by molar-refractivity contribution is -0.920. The van der Waals surface area contributed by atoms with Crippen molar-refractivity contribution in [3.63, 3.8) is 0 Å². The zero-order chi connectivity index (χ0) is 9.97. The summed E-state index contributed by atoms with van der Waals surface area (Å²) in [6, 6.07) is 4.18. The van der Waals surface area contributed by atoms with Crippen LogP contribution in [0.4, 0.5) is 0 Å². The van der Waals surface area contributed by atoms with Gasteiger partial charge in [0.1, 0.15) is 13.1 Å². The third kappa shape index (κ3) is 2.35. The molecular formula is C10H13NO3. The molecule has 0 radical (unpaired) electrons. The molecule has 0 saturated heterocycles. The van der Waals surface area contributed by atoms with Crippen molar-refractivity contribution in [2.24, 2.45) is 0 Å². The van der Waals surface area contributed by atoms with Gasteiger partial charge in [-0.15, -0.1) is 0 Å². The molecule has 14 heavy (non-hydrogen) atoms. The molecule has 0 spiro atoms. The van der Waals surface area contributed by atoms with E-state index in [0.29, 0.717) is 12.6 Å². The van der Waals surface area contributed by atoms with Crippen LogP contribution in [0.5, 0.6) is 0 Å². The van der Waals surface area contributed by atoms with Gasteiger partial charge >= 0.3 is 0 Å². The first-order valence-corrected chi connectivity index (χ1v) is 4.82. The maximum Gasteiger partial charge on any atom is 0.157 e. The number of rotatable bonds is 5. The Morgan fingerprint density at radius 2 is 2.43 bits per heavy atom. The maximum absolute atomic E-state index is 10.5. The number of quaternary nitrogens is 1. The first-order valence-electron chi connectivity index (χ1n) is 4.82. The van der Waals surface area contributed by atoms with E-state index in [1.165, 1.54) is 0 Å². The summed E-state index contributed by atoms with van der Waals surface area (Å²) in [5, 5.41) is 10.5. The molecule has 1 aliphatic carbocycles. The van der Waals surface area contributed by atoms with E-state index >= 15 is 0 Å². The molecule has 1 aliphatic rings. The molecule has 76 valence electrons. The fraction of sp³-hybridized carbons (Fsp3) is 0.500. The summed E-state index contributed by atoms with van der Waals surface area (Å²) in [5.74, 6) is -0.147. The minimum Gasteiger partial charge on any atom is -0.544 e. The second-order valence-corrected chi connectivity index (χ2v) is 3.74. The van der Waals surface area contributed by atoms with E-state index in [9.17, 15) is 9.90 Å². The van der Waals surface area contributed by atoms with Crippen LogP contribution in [0.2, 0.25) is 0 Å². The normalized spacial score (nSPS) is 18.0. The van der Waals surface area contributed by atoms with E-state index < -0.39 is 5.97 Å². The maximum atomic E-state index is 10.5. The van der Waals surface area contributed by atoms with Crippen LogP contribution in [0, 0.1) is 0 Å². The average molecular weight is 195 g/mol. The van der Waals surface area contributed by atoms with Crippen molar-refractivity contribution in [2.45, 2.75) is 25.4 Å². The molecule has 4 nitrogen and oxygen atoms in total. The topological polar surface area (TPSA) is 57.7 Å². The lowest BCUT2D eigenvalue weighted by Gasteiger charge is -2.18. The van der Waals surface area contributed by atoms with Crippen molar-refractivity contribution in [1.29, 1.82) is 0 Å². The van der Waals surface area contributed by atoms with Gasteiger partial charge in [-0.2, -0.15) is 0 Å². The summed E-state index contributed by atoms with van der Waals surface area (Å²) in [4.78, 5) is 11.5. The van der Waals surface area contributed by atoms with E-state index in [2.05, 4.69) is 0 Å². The molecule has 1 atom stereocenters. The standard InChI is InChI=1S/C10H13NO3/c12-10(13)7-11(8-3-4-8)6-9-2-1-5-14-9/h1-2,5,8H,3-4,6-7H2,(H,12,13). The second kappa shape index (κ2) is 3.84. The van der Waals surface area contributed by atoms with Crippen LogP contribution < -0.4 is 10.0 Å². The van der Waals surface area contributed by atoms with Crippen molar-refractivity contribution in [1.82, 2.24) is 0 Å². The zero-order valence-corrected chi connectivity index (χ0v) is 7.86. The number of carbonyl (C=O) groups is 1. The van der Waals surface area contributed by atoms with Gasteiger partial charge in [0.15, 0.2) is 5.76 Å². The minimum atomic E-state index is -0.988. The van der Waals surface area contributed by atoms with Gasteiger partial charge in [-0.25, -0.2) is 0 Å². The number of nitrogens with one attached hydrogen (secondary N) is 1. The number of aliphatic carboxylic acids is 1. The van der Waals surface area contributed by atoms with E-state index in [1.54, 1.807) is 6.26 Å². The molecule has 0 bridgehead atoms. The molecule has 0 aromatic carbocycles. The Balaban J connectivity index is 1.93. The Kier molecular flexibility index (Phi) is 2.54. The van der Waals surface area contributed by atoms with Crippen LogP contribution >= 0.6 is 0 Å². The molecule has 1 unspecified atom stereocenters. The zero-order valence-electron chi connectivity index (χ0n) is 7.86. The first kappa shape index (κ1) is 9.27. The summed E-state index contributed by atoms with van der Waals surface area (Å²) in [6.07, 6.45) is 3.84. The molecule has 1 N–H and O–H groups in total. The van der Waals surface area contributed by atoms with Gasteiger partial charge in [0.2, 0.25) is 0 Å². The van der Waals surface area contributed by atoms with E-state index in [-0.39, 0.29) is 6.54 Å². The monoisotopic (exact) mass is 195 g/mol. The molecule has 1 fully saturated rings. The Morgan fingerprint density at radius 3 is 2.93 bits per heavy atom. The predicted octanol–water partition coefficient (Wildman–Crippen LogP) is -1.42. The van der Waals surface area contributed by atoms with Gasteiger partial charge < -0.3 is 19.2 Å². The highest BCUT2D eigenvalue weighted by atomic mass is 16.4. The Bertz CT molecular complexity index is 303. The van der Waals surface area contributed by atoms with Crippen molar-refractivity contribution in [3.05, 3.63) is 24.2 Å². The molecule has 0 amide bonds. The Hall–Kier alpha value is -1.29. The molecule has 2 rings (SSSR count). The van der Waals surface area contributed by atoms with Crippen molar-refractivity contribution < 1.29 is 19.2 Å². The third-order valence-electron chi connectivity index (χ3n) is 2.51. The average Bonchev–Trinajstić information content (AvgIpc) is 2.85. The van der Waals surface area contributed by atoms with Crippen molar-refractivity contribution in [2.75, 3.05) is 6.54 Å². The summed E-state index contributed by atoms with van der Waals surface area (Å²) < 4.78 is 5.19. The van der Waals surface area contributed by atoms with Crippen LogP contribution in [-0.4, -0.2) is 18.6 Å². The summed E-state index contributed by atoms with van der Waals surface area (Å²) in [5.41, 5.74) is 0. The van der Waals surface area contributed by atoms with E-state index in [1.807, 2.05) is 12.1 Å². The van der Waals surface area contributed by atoms with Gasteiger partial charge in [0.05, 0.1) is 18.3 Å². The second-order valence-electron chi connectivity index (χ2n) is 3.74. The highest BCUT2D eigenvalue weighted by Crippen LogP contribution is 2.15. The predicted molar refractivity (Wildman–Crippen MR) is 46.3 cm³/mol. The quantitative estimate of drug-likeness (QED) is 0.627. The third-order valence-corrected chi connectivity index (χ3v) is 2.51. The molecule has 0 aliphatic heterocycles. The van der Waals surface area contributed by atoms with Gasteiger partial charge in [-0.3, -0.25) is 0 Å². The Labute approximate surface area is 82.1 Å². The SMILES string of the molecule is O=C([O-])C[NH+](Cc1ccco1)C1CC1. The number of carboxylic acid groups (broad SMARTS) is 1. The molecule has 4 heteroatoms. The number of furan rings is 1. The number of hydrogen-bond donors (Lipinski definition) is 1. The van der Waals surface area contributed by atoms with E-state index in [4.69, 9.17) is 4.42 Å². The summed E-state index contributed by atoms with van der Waals surface area (Å²) >= 11 is 0. The highest BCUT2D eigenvalue weighted by Gasteiger charge is 2.33. The fourth-order valence-corrected chi connectivity index (χ4v) is 1.67. The van der Waals surface area contributed by atoms with Crippen LogP contribution in [0.25, 0.3) is 0 Å². The van der Waals surface area contributed by atoms with Crippen molar-refractivity contribution in [3.8, 4) is 0 Å². The molecular weight excluding hydrogens is 182 g/mol. The first-order chi connectivity index (χ1) is 6.75. The van der Waals surface area contributed by atoms with Gasteiger partial charge in [-0.05, 0) is 12.1 Å². The summed E-state index contributed by atoms with van der Waals surface area (Å²) in [6.45, 7) is 0.719. The van der Waals surface area contributed by atoms with Gasteiger partial charge in [0, 0.05) is 12.8 Å². The minimum absolute atomic E-state index is 0.0748. The van der Waals surface area contributed by atoms with Crippen molar-refractivity contribution >= 4 is 5.97 Å². The van der Waals surface area contributed by atoms with Crippen LogP contribution in [-0.2, 0) is 11.3 Å². The van der Waals surface area contributed by atoms with Crippen LogP contribution in [0.3, 0.4) is 0 Å². The highest BCUT2D eigenvalue weighted by molar-refractivity contribution is 5.65. The Morgan fingerprint density at radius 1 is 1.64 bits per heavy atom. The smallest absolute Gasteiger partial charge is 0.157 e. The number of hydrogen-bond acceptors (Lipinski definition) is 3. The molecule has 1 saturated carbocycles. The largest absolute Gasteiger partial charge is 0.544 e. The fourth-order valence-electron chi connectivity index (χ4n) is 1.67. The summed E-state index contributed by atoms with van der Waals surface area (Å²) in [7, 11) is 0. The molecule has 1 heterocycles. The van der Waals surface area contributed by atoms with Crippen LogP contribution in [0.1, 0.15) is 18.6 Å². The van der Waals surface area contributed by atoms with Gasteiger partial charge in [-0.1, -0.05) is 0 Å². The van der Waals surface area contributed by atoms with E-state index in [0.717, 1.165) is 23.5 Å². The lowest BCUT2D eigenvalue weighted by atomic mass is 10.3. The molecule has 1 aromatic rings.